The van der Waals surface area contributed by atoms with Gasteiger partial charge in [0.25, 0.3) is 5.91 Å². The van der Waals surface area contributed by atoms with Crippen LogP contribution in [0.4, 0.5) is 11.6 Å². The summed E-state index contributed by atoms with van der Waals surface area (Å²) in [5, 5.41) is 5.89. The van der Waals surface area contributed by atoms with Gasteiger partial charge in [0.15, 0.2) is 0 Å². The molecule has 2 N–H and O–H groups in total. The second kappa shape index (κ2) is 8.35. The van der Waals surface area contributed by atoms with Crippen LogP contribution in [0.15, 0.2) is 53.1 Å². The minimum Gasteiger partial charge on any atom is -0.491 e. The number of hydrogen-bond donors (Lipinski definition) is 2. The van der Waals surface area contributed by atoms with E-state index >= 15 is 0 Å². The summed E-state index contributed by atoms with van der Waals surface area (Å²) in [5.74, 6) is 1.58. The highest BCUT2D eigenvalue weighted by Gasteiger charge is 2.11. The van der Waals surface area contributed by atoms with Crippen LogP contribution >= 0.6 is 0 Å². The molecule has 2 heterocycles. The Balaban J connectivity index is 1.66. The average Bonchev–Trinajstić information content (AvgIpc) is 3.14. The van der Waals surface area contributed by atoms with E-state index in [-0.39, 0.29) is 17.7 Å². The van der Waals surface area contributed by atoms with Crippen LogP contribution < -0.4 is 15.4 Å². The highest BCUT2D eigenvalue weighted by molar-refractivity contribution is 6.03. The fourth-order valence-electron chi connectivity index (χ4n) is 2.43. The minimum atomic E-state index is -0.306. The Morgan fingerprint density at radius 2 is 1.96 bits per heavy atom. The van der Waals surface area contributed by atoms with Crippen molar-refractivity contribution in [3.63, 3.8) is 0 Å². The van der Waals surface area contributed by atoms with Gasteiger partial charge < -0.3 is 19.8 Å². The normalized spacial score (nSPS) is 10.7. The van der Waals surface area contributed by atoms with Gasteiger partial charge in [-0.05, 0) is 63.2 Å². The molecule has 0 radical (unpaired) electrons. The first-order chi connectivity index (χ1) is 13.0. The van der Waals surface area contributed by atoms with E-state index in [2.05, 4.69) is 20.6 Å². The van der Waals surface area contributed by atoms with Gasteiger partial charge in [-0.25, -0.2) is 9.97 Å². The molecule has 0 unspecified atom stereocenters. The second-order valence-corrected chi connectivity index (χ2v) is 6.30. The number of aromatic nitrogens is 2. The molecule has 0 spiro atoms. The van der Waals surface area contributed by atoms with Gasteiger partial charge in [-0.15, -0.1) is 0 Å². The van der Waals surface area contributed by atoms with Gasteiger partial charge in [0.2, 0.25) is 5.95 Å². The maximum Gasteiger partial charge on any atom is 0.274 e. The van der Waals surface area contributed by atoms with Gasteiger partial charge >= 0.3 is 0 Å². The Bertz CT molecular complexity index is 890. The van der Waals surface area contributed by atoms with Crippen LogP contribution in [0, 0.1) is 6.92 Å². The molecule has 27 heavy (non-hydrogen) atoms. The highest BCUT2D eigenvalue weighted by atomic mass is 16.5. The predicted molar refractivity (Wildman–Crippen MR) is 103 cm³/mol. The molecule has 7 nitrogen and oxygen atoms in total. The first-order valence-corrected chi connectivity index (χ1v) is 8.69. The smallest absolute Gasteiger partial charge is 0.274 e. The molecule has 0 saturated carbocycles. The summed E-state index contributed by atoms with van der Waals surface area (Å²) in [6, 6.07) is 12.5. The molecule has 0 aliphatic carbocycles. The number of nitrogens with one attached hydrogen (secondary N) is 2. The van der Waals surface area contributed by atoms with Crippen molar-refractivity contribution in [3.05, 3.63) is 65.9 Å². The lowest BCUT2D eigenvalue weighted by molar-refractivity contribution is 0.102. The Morgan fingerprint density at radius 1 is 1.19 bits per heavy atom. The van der Waals surface area contributed by atoms with E-state index in [0.29, 0.717) is 23.9 Å². The number of carbonyl (C=O) groups excluding carboxylic acids is 1. The Hall–Kier alpha value is -3.35. The van der Waals surface area contributed by atoms with Crippen LogP contribution in [-0.2, 0) is 6.54 Å². The summed E-state index contributed by atoms with van der Waals surface area (Å²) in [6.45, 7) is 6.18. The summed E-state index contributed by atoms with van der Waals surface area (Å²) in [6.07, 6.45) is 1.70. The summed E-state index contributed by atoms with van der Waals surface area (Å²) in [5.41, 5.74) is 1.64. The van der Waals surface area contributed by atoms with Crippen molar-refractivity contribution in [1.29, 1.82) is 0 Å². The Kier molecular flexibility index (Phi) is 5.71. The largest absolute Gasteiger partial charge is 0.491 e. The fourth-order valence-corrected chi connectivity index (χ4v) is 2.43. The predicted octanol–water partition coefficient (Wildman–Crippen LogP) is 4.03. The van der Waals surface area contributed by atoms with Crippen molar-refractivity contribution < 1.29 is 13.9 Å². The van der Waals surface area contributed by atoms with Crippen LogP contribution in [0.1, 0.15) is 35.8 Å². The SMILES string of the molecule is Cc1cc(C(=O)Nc2ccc(OC(C)C)cc2)nc(NCc2ccco2)n1. The number of carbonyl (C=O) groups is 1. The van der Waals surface area contributed by atoms with E-state index in [4.69, 9.17) is 9.15 Å². The van der Waals surface area contributed by atoms with E-state index in [1.165, 1.54) is 0 Å². The third kappa shape index (κ3) is 5.31. The third-order valence-corrected chi connectivity index (χ3v) is 3.57. The Morgan fingerprint density at radius 3 is 2.63 bits per heavy atom. The van der Waals surface area contributed by atoms with Crippen molar-refractivity contribution in [2.75, 3.05) is 10.6 Å². The molecule has 0 atom stereocenters. The van der Waals surface area contributed by atoms with E-state index in [1.54, 1.807) is 24.5 Å². The number of anilines is 2. The number of nitrogens with zero attached hydrogens (tertiary/aromatic N) is 2. The van der Waals surface area contributed by atoms with Crippen LogP contribution in [0.3, 0.4) is 0 Å². The van der Waals surface area contributed by atoms with Crippen LogP contribution in [-0.4, -0.2) is 22.0 Å². The van der Waals surface area contributed by atoms with E-state index in [0.717, 1.165) is 11.5 Å². The molecule has 7 heteroatoms. The molecule has 1 aromatic carbocycles. The number of furan rings is 1. The van der Waals surface area contributed by atoms with Gasteiger partial charge in [0.05, 0.1) is 18.9 Å². The molecule has 0 bridgehead atoms. The second-order valence-electron chi connectivity index (χ2n) is 6.30. The first kappa shape index (κ1) is 18.4. The van der Waals surface area contributed by atoms with Gasteiger partial charge in [0.1, 0.15) is 17.2 Å². The van der Waals surface area contributed by atoms with Crippen molar-refractivity contribution in [1.82, 2.24) is 9.97 Å². The van der Waals surface area contributed by atoms with Gasteiger partial charge in [-0.2, -0.15) is 0 Å². The molecule has 140 valence electrons. The topological polar surface area (TPSA) is 89.3 Å². The number of hydrogen-bond acceptors (Lipinski definition) is 6. The number of amides is 1. The lowest BCUT2D eigenvalue weighted by atomic mass is 10.2. The molecule has 0 saturated heterocycles. The van der Waals surface area contributed by atoms with Gasteiger partial charge in [0, 0.05) is 11.4 Å². The minimum absolute atomic E-state index is 0.0986. The molecule has 1 amide bonds. The lowest BCUT2D eigenvalue weighted by Crippen LogP contribution is -2.16. The molecular formula is C20H22N4O3. The monoisotopic (exact) mass is 366 g/mol. The highest BCUT2D eigenvalue weighted by Crippen LogP contribution is 2.18. The fraction of sp³-hybridized carbons (Fsp3) is 0.250. The summed E-state index contributed by atoms with van der Waals surface area (Å²) < 4.78 is 10.9. The van der Waals surface area contributed by atoms with E-state index < -0.39 is 0 Å². The van der Waals surface area contributed by atoms with Crippen LogP contribution in [0.2, 0.25) is 0 Å². The number of aryl methyl sites for hydroxylation is 1. The molecular weight excluding hydrogens is 344 g/mol. The molecule has 0 aliphatic rings. The quantitative estimate of drug-likeness (QED) is 0.656. The molecule has 0 fully saturated rings. The molecule has 2 aromatic heterocycles. The average molecular weight is 366 g/mol. The van der Waals surface area contributed by atoms with E-state index in [1.807, 2.05) is 45.0 Å². The van der Waals surface area contributed by atoms with Crippen molar-refractivity contribution in [3.8, 4) is 5.75 Å². The zero-order valence-corrected chi connectivity index (χ0v) is 15.5. The van der Waals surface area contributed by atoms with Crippen LogP contribution in [0.25, 0.3) is 0 Å². The Labute approximate surface area is 157 Å². The summed E-state index contributed by atoms with van der Waals surface area (Å²) >= 11 is 0. The van der Waals surface area contributed by atoms with Crippen molar-refractivity contribution in [2.45, 2.75) is 33.4 Å². The summed E-state index contributed by atoms with van der Waals surface area (Å²) in [7, 11) is 0. The standard InChI is InChI=1S/C20H22N4O3/c1-13(2)27-16-8-6-15(7-9-16)23-19(25)18-11-14(3)22-20(24-18)21-12-17-5-4-10-26-17/h4-11,13H,12H2,1-3H3,(H,23,25)(H,21,22,24). The number of rotatable bonds is 7. The maximum atomic E-state index is 12.5. The summed E-state index contributed by atoms with van der Waals surface area (Å²) in [4.78, 5) is 21.1. The third-order valence-electron chi connectivity index (χ3n) is 3.57. The zero-order valence-electron chi connectivity index (χ0n) is 15.5. The van der Waals surface area contributed by atoms with Crippen LogP contribution in [0.5, 0.6) is 5.75 Å². The lowest BCUT2D eigenvalue weighted by Gasteiger charge is -2.11. The van der Waals surface area contributed by atoms with Crippen molar-refractivity contribution >= 4 is 17.5 Å². The molecule has 3 rings (SSSR count). The van der Waals surface area contributed by atoms with Gasteiger partial charge in [-0.1, -0.05) is 0 Å². The number of benzene rings is 1. The maximum absolute atomic E-state index is 12.5. The molecule has 3 aromatic rings. The van der Waals surface area contributed by atoms with Crippen molar-refractivity contribution in [2.24, 2.45) is 0 Å². The van der Waals surface area contributed by atoms with E-state index in [9.17, 15) is 4.79 Å². The van der Waals surface area contributed by atoms with Gasteiger partial charge in [-0.3, -0.25) is 4.79 Å². The first-order valence-electron chi connectivity index (χ1n) is 8.69. The number of ether oxygens (including phenoxy) is 1. The zero-order chi connectivity index (χ0) is 19.2. The molecule has 0 aliphatic heterocycles.